The lowest BCUT2D eigenvalue weighted by Crippen LogP contribution is -2.49. The third-order valence-corrected chi connectivity index (χ3v) is 8.59. The first-order valence-corrected chi connectivity index (χ1v) is 10.5. The van der Waals surface area contributed by atoms with Crippen molar-refractivity contribution in [2.24, 2.45) is 27.7 Å². The average Bonchev–Trinajstić information content (AvgIpc) is 2.86. The molecule has 0 saturated heterocycles. The Bertz CT molecular complexity index is 677. The van der Waals surface area contributed by atoms with Gasteiger partial charge in [-0.3, -0.25) is 4.99 Å². The van der Waals surface area contributed by atoms with Gasteiger partial charge < -0.3 is 5.11 Å². The monoisotopic (exact) mass is 343 g/mol. The first-order valence-electron chi connectivity index (χ1n) is 9.24. The van der Waals surface area contributed by atoms with E-state index >= 15 is 0 Å². The van der Waals surface area contributed by atoms with E-state index in [1.54, 1.807) is 5.57 Å². The zero-order valence-corrected chi connectivity index (χ0v) is 16.0. The fraction of sp³-hybridized carbons (Fsp3) is 0.667. The van der Waals surface area contributed by atoms with Crippen LogP contribution in [0, 0.1) is 22.7 Å². The molecule has 4 aliphatic carbocycles. The molecule has 1 fully saturated rings. The van der Waals surface area contributed by atoms with Gasteiger partial charge in [0.2, 0.25) is 0 Å². The molecule has 130 valence electrons. The van der Waals surface area contributed by atoms with Gasteiger partial charge in [0, 0.05) is 10.8 Å². The fourth-order valence-electron chi connectivity index (χ4n) is 6.03. The molecule has 0 amide bonds. The third-order valence-electron chi connectivity index (χ3n) is 7.75. The SMILES string of the molecule is C=NC1(O)CCC2C3CC=C4C=C(SC)CCC4(C)C3=CCC21C. The van der Waals surface area contributed by atoms with Crippen molar-refractivity contribution in [3.05, 3.63) is 34.3 Å². The smallest absolute Gasteiger partial charge is 0.161 e. The molecule has 2 nitrogen and oxygen atoms in total. The molecule has 0 aliphatic heterocycles. The lowest BCUT2D eigenvalue weighted by Gasteiger charge is -2.53. The summed E-state index contributed by atoms with van der Waals surface area (Å²) in [6, 6.07) is 0. The van der Waals surface area contributed by atoms with Gasteiger partial charge in [0.25, 0.3) is 0 Å². The third kappa shape index (κ3) is 1.97. The van der Waals surface area contributed by atoms with Crippen molar-refractivity contribution in [3.8, 4) is 0 Å². The minimum atomic E-state index is -0.941. The summed E-state index contributed by atoms with van der Waals surface area (Å²) in [5.41, 5.74) is 2.28. The van der Waals surface area contributed by atoms with Crippen LogP contribution < -0.4 is 0 Å². The second-order valence-electron chi connectivity index (χ2n) is 8.55. The number of thioether (sulfide) groups is 1. The number of allylic oxidation sites excluding steroid dienone is 6. The molecule has 3 heteroatoms. The Morgan fingerprint density at radius 2 is 2.08 bits per heavy atom. The van der Waals surface area contributed by atoms with Gasteiger partial charge >= 0.3 is 0 Å². The molecule has 0 aromatic heterocycles. The number of nitrogens with zero attached hydrogens (tertiary/aromatic N) is 1. The predicted molar refractivity (Wildman–Crippen MR) is 103 cm³/mol. The molecule has 0 aromatic rings. The minimum Gasteiger partial charge on any atom is -0.369 e. The van der Waals surface area contributed by atoms with Gasteiger partial charge in [-0.25, -0.2) is 0 Å². The summed E-state index contributed by atoms with van der Waals surface area (Å²) in [4.78, 5) is 5.70. The highest BCUT2D eigenvalue weighted by Crippen LogP contribution is 2.65. The van der Waals surface area contributed by atoms with Gasteiger partial charge in [0.05, 0.1) is 0 Å². The molecule has 24 heavy (non-hydrogen) atoms. The molecule has 1 N–H and O–H groups in total. The number of rotatable bonds is 2. The molecule has 0 heterocycles. The fourth-order valence-corrected chi connectivity index (χ4v) is 6.58. The van der Waals surface area contributed by atoms with Gasteiger partial charge in [-0.15, -0.1) is 11.8 Å². The maximum absolute atomic E-state index is 11.0. The number of aliphatic hydroxyl groups is 1. The van der Waals surface area contributed by atoms with E-state index in [9.17, 15) is 5.11 Å². The molecular formula is C21H29NOS. The van der Waals surface area contributed by atoms with E-state index in [0.29, 0.717) is 11.8 Å². The molecular weight excluding hydrogens is 314 g/mol. The normalized spacial score (nSPS) is 46.9. The molecule has 1 saturated carbocycles. The number of hydrogen-bond donors (Lipinski definition) is 1. The highest BCUT2D eigenvalue weighted by molar-refractivity contribution is 8.02. The molecule has 4 aliphatic rings. The van der Waals surface area contributed by atoms with Crippen LogP contribution in [0.5, 0.6) is 0 Å². The average molecular weight is 344 g/mol. The van der Waals surface area contributed by atoms with E-state index in [-0.39, 0.29) is 10.8 Å². The molecule has 0 radical (unpaired) electrons. The second-order valence-corrected chi connectivity index (χ2v) is 9.48. The number of hydrogen-bond acceptors (Lipinski definition) is 3. The summed E-state index contributed by atoms with van der Waals surface area (Å²) < 4.78 is 0. The lowest BCUT2D eigenvalue weighted by molar-refractivity contribution is -0.0721. The van der Waals surface area contributed by atoms with E-state index in [1.807, 2.05) is 11.8 Å². The summed E-state index contributed by atoms with van der Waals surface area (Å²) >= 11 is 1.90. The highest BCUT2D eigenvalue weighted by atomic mass is 32.2. The van der Waals surface area contributed by atoms with E-state index in [2.05, 4.69) is 50.0 Å². The number of aliphatic imine (C=N–C) groups is 1. The maximum atomic E-state index is 11.0. The molecule has 0 spiro atoms. The van der Waals surface area contributed by atoms with Crippen molar-refractivity contribution in [2.45, 2.75) is 58.1 Å². The molecule has 5 unspecified atom stereocenters. The lowest BCUT2D eigenvalue weighted by atomic mass is 9.53. The van der Waals surface area contributed by atoms with Crippen LogP contribution in [0.25, 0.3) is 0 Å². The van der Waals surface area contributed by atoms with Crippen LogP contribution in [-0.4, -0.2) is 23.8 Å². The van der Waals surface area contributed by atoms with E-state index in [0.717, 1.165) is 25.7 Å². The topological polar surface area (TPSA) is 32.6 Å². The largest absolute Gasteiger partial charge is 0.369 e. The van der Waals surface area contributed by atoms with Gasteiger partial charge in [-0.05, 0) is 79.9 Å². The van der Waals surface area contributed by atoms with Crippen LogP contribution in [0.4, 0.5) is 0 Å². The summed E-state index contributed by atoms with van der Waals surface area (Å²) in [6.45, 7) is 8.39. The van der Waals surface area contributed by atoms with Crippen molar-refractivity contribution in [2.75, 3.05) is 6.26 Å². The van der Waals surface area contributed by atoms with Crippen LogP contribution >= 0.6 is 11.8 Å². The molecule has 0 aromatic carbocycles. The summed E-state index contributed by atoms with van der Waals surface area (Å²) in [7, 11) is 0. The Kier molecular flexibility index (Phi) is 3.71. The molecule has 4 rings (SSSR count). The van der Waals surface area contributed by atoms with Gasteiger partial charge in [0.15, 0.2) is 5.72 Å². The maximum Gasteiger partial charge on any atom is 0.161 e. The zero-order chi connectivity index (χ0) is 17.2. The highest BCUT2D eigenvalue weighted by Gasteiger charge is 2.61. The summed E-state index contributed by atoms with van der Waals surface area (Å²) in [5, 5.41) is 11.0. The van der Waals surface area contributed by atoms with Crippen LogP contribution in [0.1, 0.15) is 52.4 Å². The first kappa shape index (κ1) is 16.7. The Morgan fingerprint density at radius 3 is 2.79 bits per heavy atom. The predicted octanol–water partition coefficient (Wildman–Crippen LogP) is 5.12. The van der Waals surface area contributed by atoms with Gasteiger partial charge in [0.1, 0.15) is 0 Å². The Labute approximate surface area is 150 Å². The Morgan fingerprint density at radius 1 is 1.29 bits per heavy atom. The first-order chi connectivity index (χ1) is 11.4. The van der Waals surface area contributed by atoms with Crippen LogP contribution in [-0.2, 0) is 0 Å². The van der Waals surface area contributed by atoms with Crippen LogP contribution in [0.2, 0.25) is 0 Å². The standard InChI is InChI=1S/C21H29NOS/c1-19-10-7-15(24-4)13-14(19)5-6-16-17(19)8-11-20(2)18(16)9-12-21(20,23)22-3/h5,8,13,16,18,23H,3,6-7,9-12H2,1-2,4H3. The summed E-state index contributed by atoms with van der Waals surface area (Å²) in [6.07, 6.45) is 15.9. The quantitative estimate of drug-likeness (QED) is 0.558. The minimum absolute atomic E-state index is 0.153. The Balaban J connectivity index is 1.75. The van der Waals surface area contributed by atoms with Crippen molar-refractivity contribution in [1.82, 2.24) is 0 Å². The van der Waals surface area contributed by atoms with Crippen molar-refractivity contribution >= 4 is 18.5 Å². The van der Waals surface area contributed by atoms with E-state index in [4.69, 9.17) is 0 Å². The van der Waals surface area contributed by atoms with E-state index < -0.39 is 5.72 Å². The van der Waals surface area contributed by atoms with Crippen LogP contribution in [0.15, 0.2) is 39.3 Å². The molecule has 0 bridgehead atoms. The van der Waals surface area contributed by atoms with Crippen LogP contribution in [0.3, 0.4) is 0 Å². The van der Waals surface area contributed by atoms with Crippen molar-refractivity contribution in [3.63, 3.8) is 0 Å². The van der Waals surface area contributed by atoms with Gasteiger partial charge in [-0.2, -0.15) is 0 Å². The molecule has 5 atom stereocenters. The Hall–Kier alpha value is -0.800. The number of fused-ring (bicyclic) bond motifs is 5. The summed E-state index contributed by atoms with van der Waals surface area (Å²) in [5.74, 6) is 1.09. The van der Waals surface area contributed by atoms with E-state index in [1.165, 1.54) is 23.3 Å². The zero-order valence-electron chi connectivity index (χ0n) is 15.1. The van der Waals surface area contributed by atoms with Gasteiger partial charge in [-0.1, -0.05) is 31.6 Å². The van der Waals surface area contributed by atoms with Crippen molar-refractivity contribution < 1.29 is 5.11 Å². The van der Waals surface area contributed by atoms with Crippen molar-refractivity contribution in [1.29, 1.82) is 0 Å². The second kappa shape index (κ2) is 5.35.